The highest BCUT2D eigenvalue weighted by atomic mass is 16.6. The number of ether oxygens (including phenoxy) is 2. The van der Waals surface area contributed by atoms with Crippen molar-refractivity contribution in [2.24, 2.45) is 0 Å². The molecule has 1 fully saturated rings. The summed E-state index contributed by atoms with van der Waals surface area (Å²) in [5.41, 5.74) is 3.61. The van der Waals surface area contributed by atoms with Gasteiger partial charge in [0.1, 0.15) is 17.2 Å². The highest BCUT2D eigenvalue weighted by Gasteiger charge is 2.33. The molecule has 2 aromatic heterocycles. The van der Waals surface area contributed by atoms with Crippen molar-refractivity contribution in [3.8, 4) is 16.9 Å². The molecule has 0 radical (unpaired) electrons. The molecular weight excluding hydrogens is 466 g/mol. The quantitative estimate of drug-likeness (QED) is 0.447. The summed E-state index contributed by atoms with van der Waals surface area (Å²) in [6.07, 6.45) is 4.50. The maximum atomic E-state index is 12.7. The zero-order valence-corrected chi connectivity index (χ0v) is 23.0. The van der Waals surface area contributed by atoms with Gasteiger partial charge in [-0.2, -0.15) is 5.10 Å². The van der Waals surface area contributed by atoms with Gasteiger partial charge >= 0.3 is 6.09 Å². The number of aromatic nitrogens is 3. The minimum absolute atomic E-state index is 0.105. The maximum absolute atomic E-state index is 12.7. The molecule has 1 aromatic carbocycles. The van der Waals surface area contributed by atoms with Gasteiger partial charge in [0.2, 0.25) is 0 Å². The number of pyridine rings is 1. The third-order valence-electron chi connectivity index (χ3n) is 6.09. The molecule has 3 aromatic rings. The number of likely N-dealkylation sites (tertiary alicyclic amines) is 1. The lowest BCUT2D eigenvalue weighted by Gasteiger charge is -2.24. The van der Waals surface area contributed by atoms with E-state index >= 15 is 0 Å². The number of hydrogen-bond donors (Lipinski definition) is 1. The summed E-state index contributed by atoms with van der Waals surface area (Å²) in [6.45, 7) is 13.9. The molecule has 1 saturated heterocycles. The molecule has 0 aliphatic carbocycles. The summed E-state index contributed by atoms with van der Waals surface area (Å²) in [5.74, 6) is 1.77. The second-order valence-corrected chi connectivity index (χ2v) is 11.7. The number of rotatable bonds is 6. The van der Waals surface area contributed by atoms with Crippen molar-refractivity contribution in [3.63, 3.8) is 0 Å². The topological polar surface area (TPSA) is 81.5 Å². The number of nitrogens with one attached hydrogen (secondary N) is 1. The summed E-state index contributed by atoms with van der Waals surface area (Å²) in [6, 6.07) is 12.1. The first-order chi connectivity index (χ1) is 17.4. The van der Waals surface area contributed by atoms with E-state index in [0.29, 0.717) is 19.6 Å². The van der Waals surface area contributed by atoms with E-state index in [1.54, 1.807) is 12.0 Å². The molecule has 37 heavy (non-hydrogen) atoms. The molecule has 4 rings (SSSR count). The van der Waals surface area contributed by atoms with Crippen LogP contribution in [0.25, 0.3) is 11.1 Å². The van der Waals surface area contributed by atoms with E-state index in [-0.39, 0.29) is 17.6 Å². The van der Waals surface area contributed by atoms with Gasteiger partial charge in [-0.3, -0.25) is 4.68 Å². The first-order valence-electron chi connectivity index (χ1n) is 12.8. The predicted octanol–water partition coefficient (Wildman–Crippen LogP) is 5.94. The van der Waals surface area contributed by atoms with Gasteiger partial charge in [-0.1, -0.05) is 12.1 Å². The molecule has 0 saturated carbocycles. The molecule has 1 atom stereocenters. The predicted molar refractivity (Wildman–Crippen MR) is 146 cm³/mol. The van der Waals surface area contributed by atoms with Crippen molar-refractivity contribution in [3.05, 3.63) is 60.0 Å². The molecule has 3 heterocycles. The summed E-state index contributed by atoms with van der Waals surface area (Å²) in [5, 5.41) is 8.51. The van der Waals surface area contributed by atoms with E-state index in [2.05, 4.69) is 55.5 Å². The summed E-state index contributed by atoms with van der Waals surface area (Å²) in [7, 11) is 1.67. The zero-order chi connectivity index (χ0) is 26.8. The average Bonchev–Trinajstić information content (AvgIpc) is 3.45. The zero-order valence-electron chi connectivity index (χ0n) is 23.0. The standard InChI is InChI=1S/C29H39N5O3/c1-28(2,3)31-25-16-21(12-14-30-25)24-19-34(17-20-8-10-23(36-7)11-9-20)32-26(24)22-13-15-33(18-22)27(35)37-29(4,5)6/h8-12,14,16,19,22H,13,15,17-18H2,1-7H3,(H,30,31). The Morgan fingerprint density at radius 1 is 1.11 bits per heavy atom. The largest absolute Gasteiger partial charge is 0.497 e. The number of hydrogen-bond acceptors (Lipinski definition) is 6. The molecule has 0 spiro atoms. The fourth-order valence-corrected chi connectivity index (χ4v) is 4.49. The number of nitrogens with zero attached hydrogens (tertiary/aromatic N) is 4. The Bertz CT molecular complexity index is 1220. The lowest BCUT2D eigenvalue weighted by Crippen LogP contribution is -2.35. The number of benzene rings is 1. The van der Waals surface area contributed by atoms with Gasteiger partial charge in [0.25, 0.3) is 0 Å². The van der Waals surface area contributed by atoms with Crippen molar-refractivity contribution in [1.82, 2.24) is 19.7 Å². The van der Waals surface area contributed by atoms with E-state index < -0.39 is 5.60 Å². The Labute approximate surface area is 220 Å². The van der Waals surface area contributed by atoms with Crippen molar-refractivity contribution < 1.29 is 14.3 Å². The van der Waals surface area contributed by atoms with E-state index in [1.165, 1.54) is 0 Å². The first kappa shape index (κ1) is 26.5. The molecule has 8 nitrogen and oxygen atoms in total. The van der Waals surface area contributed by atoms with Crippen LogP contribution >= 0.6 is 0 Å². The first-order valence-corrected chi connectivity index (χ1v) is 12.8. The third-order valence-corrected chi connectivity index (χ3v) is 6.09. The van der Waals surface area contributed by atoms with E-state index in [0.717, 1.165) is 40.4 Å². The minimum atomic E-state index is -0.520. The Morgan fingerprint density at radius 2 is 1.84 bits per heavy atom. The van der Waals surface area contributed by atoms with Crippen LogP contribution in [0.5, 0.6) is 5.75 Å². The highest BCUT2D eigenvalue weighted by molar-refractivity contribution is 5.71. The summed E-state index contributed by atoms with van der Waals surface area (Å²) in [4.78, 5) is 19.0. The Hall–Kier alpha value is -3.55. The van der Waals surface area contributed by atoms with Crippen LogP contribution in [0.3, 0.4) is 0 Å². The number of amides is 1. The number of methoxy groups -OCH3 is 1. The number of carbonyl (C=O) groups is 1. The van der Waals surface area contributed by atoms with Gasteiger partial charge in [0, 0.05) is 42.5 Å². The molecule has 198 valence electrons. The molecule has 1 aliphatic heterocycles. The normalized spacial score (nSPS) is 16.1. The molecule has 8 heteroatoms. The average molecular weight is 506 g/mol. The van der Waals surface area contributed by atoms with Gasteiger partial charge in [0.15, 0.2) is 0 Å². The van der Waals surface area contributed by atoms with Crippen LogP contribution in [0.2, 0.25) is 0 Å². The van der Waals surface area contributed by atoms with Crippen LogP contribution < -0.4 is 10.1 Å². The minimum Gasteiger partial charge on any atom is -0.497 e. The SMILES string of the molecule is COc1ccc(Cn2cc(-c3ccnc(NC(C)(C)C)c3)c(C3CCN(C(=O)OC(C)(C)C)C3)n2)cc1. The molecule has 1 amide bonds. The number of anilines is 1. The summed E-state index contributed by atoms with van der Waals surface area (Å²) >= 11 is 0. The van der Waals surface area contributed by atoms with Crippen LogP contribution in [0, 0.1) is 0 Å². The lowest BCUT2D eigenvalue weighted by atomic mass is 9.97. The fourth-order valence-electron chi connectivity index (χ4n) is 4.49. The van der Waals surface area contributed by atoms with E-state index in [1.807, 2.05) is 49.8 Å². The second-order valence-electron chi connectivity index (χ2n) is 11.7. The van der Waals surface area contributed by atoms with Crippen molar-refractivity contribution in [1.29, 1.82) is 0 Å². The number of carbonyl (C=O) groups excluding carboxylic acids is 1. The van der Waals surface area contributed by atoms with E-state index in [9.17, 15) is 4.79 Å². The smallest absolute Gasteiger partial charge is 0.410 e. The van der Waals surface area contributed by atoms with Crippen LogP contribution in [0.4, 0.5) is 10.6 Å². The van der Waals surface area contributed by atoms with Crippen molar-refractivity contribution >= 4 is 11.9 Å². The molecule has 0 bridgehead atoms. The Morgan fingerprint density at radius 3 is 2.49 bits per heavy atom. The van der Waals surface area contributed by atoms with Crippen molar-refractivity contribution in [2.45, 2.75) is 71.6 Å². The molecule has 1 N–H and O–H groups in total. The van der Waals surface area contributed by atoms with Gasteiger partial charge in [-0.25, -0.2) is 9.78 Å². The van der Waals surface area contributed by atoms with Crippen LogP contribution in [0.15, 0.2) is 48.8 Å². The van der Waals surface area contributed by atoms with Gasteiger partial charge < -0.3 is 19.7 Å². The fraction of sp³-hybridized carbons (Fsp3) is 0.483. The molecular formula is C29H39N5O3. The maximum Gasteiger partial charge on any atom is 0.410 e. The van der Waals surface area contributed by atoms with Crippen LogP contribution in [-0.4, -0.2) is 57.1 Å². The highest BCUT2D eigenvalue weighted by Crippen LogP contribution is 2.35. The monoisotopic (exact) mass is 505 g/mol. The van der Waals surface area contributed by atoms with E-state index in [4.69, 9.17) is 14.6 Å². The Balaban J connectivity index is 1.64. The molecule has 1 aliphatic rings. The lowest BCUT2D eigenvalue weighted by molar-refractivity contribution is 0.0292. The van der Waals surface area contributed by atoms with Gasteiger partial charge in [-0.05, 0) is 83.4 Å². The van der Waals surface area contributed by atoms with Crippen LogP contribution in [-0.2, 0) is 11.3 Å². The van der Waals surface area contributed by atoms with Gasteiger partial charge in [0.05, 0.1) is 19.3 Å². The Kier molecular flexibility index (Phi) is 7.48. The van der Waals surface area contributed by atoms with Crippen LogP contribution in [0.1, 0.15) is 65.1 Å². The summed E-state index contributed by atoms with van der Waals surface area (Å²) < 4.78 is 12.9. The van der Waals surface area contributed by atoms with Crippen molar-refractivity contribution in [2.75, 3.05) is 25.5 Å². The molecule has 1 unspecified atom stereocenters. The second kappa shape index (κ2) is 10.4. The van der Waals surface area contributed by atoms with Gasteiger partial charge in [-0.15, -0.1) is 0 Å². The third kappa shape index (κ3) is 7.02.